The molecule has 0 aromatic carbocycles. The molecular weight excluding hydrogens is 199 g/mol. The molecule has 0 saturated heterocycles. The molecule has 0 fully saturated rings. The minimum absolute atomic E-state index is 0.0560. The average molecular weight is 222 g/mol. The molecule has 0 spiro atoms. The summed E-state index contributed by atoms with van der Waals surface area (Å²) in [6.45, 7) is 9.65. The fourth-order valence-corrected chi connectivity index (χ4v) is 3.23. The topological polar surface area (TPSA) is 18.5 Å². The number of hydrogen-bond acceptors (Lipinski definition) is 2. The highest BCUT2D eigenvalue weighted by molar-refractivity contribution is 6.46. The number of alkyl halides is 1. The third-order valence-electron chi connectivity index (χ3n) is 1.67. The Labute approximate surface area is 88.6 Å². The van der Waals surface area contributed by atoms with E-state index < -0.39 is 15.1 Å². The maximum Gasteiger partial charge on any atom is 0.357 e. The van der Waals surface area contributed by atoms with E-state index in [1.54, 1.807) is 0 Å². The first kappa shape index (κ1) is 14.1. The van der Waals surface area contributed by atoms with Gasteiger partial charge in [-0.05, 0) is 34.1 Å². The standard InChI is InChI=1S/C10H23FO2Si/c1-6-7-10(11)14(12-8(2)3)13-9(4)5/h8-10,14H,6-7H2,1-5H3. The second-order valence-electron chi connectivity index (χ2n) is 4.04. The lowest BCUT2D eigenvalue weighted by atomic mass is 10.4. The van der Waals surface area contributed by atoms with Crippen LogP contribution in [0.3, 0.4) is 0 Å². The molecule has 0 amide bonds. The van der Waals surface area contributed by atoms with Crippen molar-refractivity contribution in [3.63, 3.8) is 0 Å². The summed E-state index contributed by atoms with van der Waals surface area (Å²) >= 11 is 0. The van der Waals surface area contributed by atoms with Crippen LogP contribution in [0, 0.1) is 0 Å². The highest BCUT2D eigenvalue weighted by Crippen LogP contribution is 2.12. The molecule has 4 heteroatoms. The quantitative estimate of drug-likeness (QED) is 0.617. The van der Waals surface area contributed by atoms with Gasteiger partial charge in [-0.15, -0.1) is 0 Å². The Morgan fingerprint density at radius 1 is 1.07 bits per heavy atom. The van der Waals surface area contributed by atoms with Gasteiger partial charge in [-0.1, -0.05) is 13.3 Å². The van der Waals surface area contributed by atoms with Crippen LogP contribution in [0.5, 0.6) is 0 Å². The molecule has 1 unspecified atom stereocenters. The van der Waals surface area contributed by atoms with Gasteiger partial charge in [0.15, 0.2) is 0 Å². The van der Waals surface area contributed by atoms with E-state index >= 15 is 0 Å². The molecule has 0 saturated carbocycles. The second-order valence-corrected chi connectivity index (χ2v) is 6.05. The Kier molecular flexibility index (Phi) is 7.41. The lowest BCUT2D eigenvalue weighted by Crippen LogP contribution is -2.38. The van der Waals surface area contributed by atoms with Gasteiger partial charge in [0.25, 0.3) is 0 Å². The molecule has 0 aromatic rings. The van der Waals surface area contributed by atoms with Crippen LogP contribution in [0.1, 0.15) is 47.5 Å². The zero-order valence-corrected chi connectivity index (χ0v) is 11.1. The molecule has 86 valence electrons. The summed E-state index contributed by atoms with van der Waals surface area (Å²) in [5.74, 6) is -0.884. The van der Waals surface area contributed by atoms with Crippen molar-refractivity contribution in [1.82, 2.24) is 0 Å². The average Bonchev–Trinajstić information content (AvgIpc) is 2.01. The van der Waals surface area contributed by atoms with Crippen molar-refractivity contribution in [3.8, 4) is 0 Å². The van der Waals surface area contributed by atoms with E-state index in [1.807, 2.05) is 34.6 Å². The predicted molar refractivity (Wildman–Crippen MR) is 59.4 cm³/mol. The molecule has 14 heavy (non-hydrogen) atoms. The summed E-state index contributed by atoms with van der Waals surface area (Å²) < 4.78 is 24.6. The normalized spacial score (nSPS) is 14.4. The van der Waals surface area contributed by atoms with Gasteiger partial charge in [0.1, 0.15) is 5.79 Å². The largest absolute Gasteiger partial charge is 0.392 e. The predicted octanol–water partition coefficient (Wildman–Crippen LogP) is 2.73. The van der Waals surface area contributed by atoms with Gasteiger partial charge < -0.3 is 8.85 Å². The third kappa shape index (κ3) is 6.51. The summed E-state index contributed by atoms with van der Waals surface area (Å²) in [6.07, 6.45) is 1.50. The van der Waals surface area contributed by atoms with Crippen molar-refractivity contribution < 1.29 is 13.2 Å². The van der Waals surface area contributed by atoms with Crippen LogP contribution >= 0.6 is 0 Å². The van der Waals surface area contributed by atoms with Crippen molar-refractivity contribution in [2.24, 2.45) is 0 Å². The number of hydrogen-bond donors (Lipinski definition) is 0. The fraction of sp³-hybridized carbons (Fsp3) is 1.00. The SMILES string of the molecule is CCCC(F)[SiH](OC(C)C)OC(C)C. The lowest BCUT2D eigenvalue weighted by molar-refractivity contribution is 0.106. The van der Waals surface area contributed by atoms with Gasteiger partial charge in [-0.2, -0.15) is 0 Å². The van der Waals surface area contributed by atoms with E-state index in [-0.39, 0.29) is 12.2 Å². The molecule has 0 heterocycles. The molecular formula is C10H23FO2Si. The maximum absolute atomic E-state index is 13.6. The molecule has 0 radical (unpaired) electrons. The molecule has 0 aliphatic carbocycles. The van der Waals surface area contributed by atoms with Crippen molar-refractivity contribution >= 4 is 9.28 Å². The summed E-state index contributed by atoms with van der Waals surface area (Å²) in [4.78, 5) is 0. The molecule has 0 aromatic heterocycles. The van der Waals surface area contributed by atoms with E-state index in [2.05, 4.69) is 0 Å². The lowest BCUT2D eigenvalue weighted by Gasteiger charge is -2.23. The van der Waals surface area contributed by atoms with E-state index in [1.165, 1.54) is 0 Å². The molecule has 1 atom stereocenters. The van der Waals surface area contributed by atoms with E-state index in [4.69, 9.17) is 8.85 Å². The zero-order valence-electron chi connectivity index (χ0n) is 9.92. The van der Waals surface area contributed by atoms with Crippen molar-refractivity contribution in [2.75, 3.05) is 0 Å². The van der Waals surface area contributed by atoms with Crippen LogP contribution in [-0.4, -0.2) is 27.3 Å². The van der Waals surface area contributed by atoms with Crippen LogP contribution in [0.15, 0.2) is 0 Å². The van der Waals surface area contributed by atoms with Crippen molar-refractivity contribution in [2.45, 2.75) is 65.5 Å². The smallest absolute Gasteiger partial charge is 0.357 e. The van der Waals surface area contributed by atoms with Crippen LogP contribution < -0.4 is 0 Å². The summed E-state index contributed by atoms with van der Waals surface area (Å²) in [5, 5.41) is 0. The fourth-order valence-electron chi connectivity index (χ4n) is 1.15. The van der Waals surface area contributed by atoms with Crippen LogP contribution in [0.4, 0.5) is 4.39 Å². The minimum Gasteiger partial charge on any atom is -0.392 e. The zero-order chi connectivity index (χ0) is 11.1. The van der Waals surface area contributed by atoms with Crippen LogP contribution in [0.25, 0.3) is 0 Å². The minimum atomic E-state index is -2.13. The Bertz CT molecular complexity index is 132. The Morgan fingerprint density at radius 2 is 1.50 bits per heavy atom. The van der Waals surface area contributed by atoms with Gasteiger partial charge in [-0.25, -0.2) is 4.39 Å². The van der Waals surface area contributed by atoms with Crippen LogP contribution in [0.2, 0.25) is 0 Å². The Hall–Kier alpha value is 0.0669. The van der Waals surface area contributed by atoms with Crippen molar-refractivity contribution in [3.05, 3.63) is 0 Å². The summed E-state index contributed by atoms with van der Waals surface area (Å²) in [6, 6.07) is 0. The van der Waals surface area contributed by atoms with Crippen molar-refractivity contribution in [1.29, 1.82) is 0 Å². The molecule has 2 nitrogen and oxygen atoms in total. The monoisotopic (exact) mass is 222 g/mol. The third-order valence-corrected chi connectivity index (χ3v) is 4.22. The first-order valence-corrected chi connectivity index (χ1v) is 7.03. The maximum atomic E-state index is 13.6. The van der Waals surface area contributed by atoms with Crippen LogP contribution in [-0.2, 0) is 8.85 Å². The first-order valence-electron chi connectivity index (χ1n) is 5.42. The highest BCUT2D eigenvalue weighted by atomic mass is 28.3. The highest BCUT2D eigenvalue weighted by Gasteiger charge is 2.27. The van der Waals surface area contributed by atoms with Gasteiger partial charge in [-0.3, -0.25) is 0 Å². The van der Waals surface area contributed by atoms with Gasteiger partial charge in [0.05, 0.1) is 0 Å². The molecule has 0 N–H and O–H groups in total. The van der Waals surface area contributed by atoms with Gasteiger partial charge >= 0.3 is 9.28 Å². The second kappa shape index (κ2) is 7.37. The van der Waals surface area contributed by atoms with Gasteiger partial charge in [0.2, 0.25) is 0 Å². The summed E-state index contributed by atoms with van der Waals surface area (Å²) in [5.41, 5.74) is 0. The Balaban J connectivity index is 4.08. The number of rotatable bonds is 7. The van der Waals surface area contributed by atoms with E-state index in [0.29, 0.717) is 6.42 Å². The Morgan fingerprint density at radius 3 is 1.79 bits per heavy atom. The molecule has 0 aliphatic rings. The van der Waals surface area contributed by atoms with E-state index in [9.17, 15) is 4.39 Å². The molecule has 0 rings (SSSR count). The molecule has 0 aliphatic heterocycles. The molecule has 0 bridgehead atoms. The summed E-state index contributed by atoms with van der Waals surface area (Å²) in [7, 11) is -2.13. The van der Waals surface area contributed by atoms with E-state index in [0.717, 1.165) is 6.42 Å². The first-order chi connectivity index (χ1) is 6.47. The van der Waals surface area contributed by atoms with Gasteiger partial charge in [0, 0.05) is 12.2 Å². The number of halogens is 1.